The lowest BCUT2D eigenvalue weighted by Gasteiger charge is -1.95. The highest BCUT2D eigenvalue weighted by Crippen LogP contribution is 2.28. The summed E-state index contributed by atoms with van der Waals surface area (Å²) in [5.41, 5.74) is 2.37. The highest BCUT2D eigenvalue weighted by molar-refractivity contribution is 5.96. The smallest absolute Gasteiger partial charge is 0.372 e. The standard InChI is InChI=1S/C12H9NO3/c1-6-3-8(5-13)4-9-7(2)11(12(14)15)16-10(6)9/h3-4H,1-2H3,(H,14,15). The Kier molecular flexibility index (Phi) is 2.17. The van der Waals surface area contributed by atoms with E-state index < -0.39 is 5.97 Å². The fraction of sp³-hybridized carbons (Fsp3) is 0.167. The molecule has 0 spiro atoms. The molecule has 4 heteroatoms. The first-order valence-corrected chi connectivity index (χ1v) is 4.71. The molecule has 1 aromatic heterocycles. The van der Waals surface area contributed by atoms with Crippen LogP contribution in [0, 0.1) is 25.2 Å². The SMILES string of the molecule is Cc1c(C(=O)O)oc2c(C)cc(C#N)cc12. The van der Waals surface area contributed by atoms with Crippen molar-refractivity contribution >= 4 is 16.9 Å². The second kappa shape index (κ2) is 3.38. The van der Waals surface area contributed by atoms with Crippen LogP contribution in [0.25, 0.3) is 11.0 Å². The number of furan rings is 1. The molecule has 0 saturated heterocycles. The Morgan fingerprint density at radius 2 is 2.12 bits per heavy atom. The first kappa shape index (κ1) is 10.2. The Labute approximate surface area is 91.7 Å². The van der Waals surface area contributed by atoms with Crippen molar-refractivity contribution in [2.75, 3.05) is 0 Å². The van der Waals surface area contributed by atoms with Gasteiger partial charge in [0.05, 0.1) is 11.6 Å². The molecule has 0 saturated carbocycles. The van der Waals surface area contributed by atoms with E-state index >= 15 is 0 Å². The van der Waals surface area contributed by atoms with Gasteiger partial charge in [-0.3, -0.25) is 0 Å². The minimum Gasteiger partial charge on any atom is -0.475 e. The van der Waals surface area contributed by atoms with Crippen LogP contribution in [0.3, 0.4) is 0 Å². The van der Waals surface area contributed by atoms with E-state index in [1.54, 1.807) is 26.0 Å². The molecule has 0 fully saturated rings. The second-order valence-electron chi connectivity index (χ2n) is 3.64. The first-order chi connectivity index (χ1) is 7.54. The molecule has 1 N–H and O–H groups in total. The van der Waals surface area contributed by atoms with Gasteiger partial charge in [-0.25, -0.2) is 4.79 Å². The Morgan fingerprint density at radius 3 is 2.69 bits per heavy atom. The molecule has 1 heterocycles. The lowest BCUT2D eigenvalue weighted by atomic mass is 10.1. The zero-order valence-electron chi connectivity index (χ0n) is 8.87. The quantitative estimate of drug-likeness (QED) is 0.793. The van der Waals surface area contributed by atoms with Crippen LogP contribution >= 0.6 is 0 Å². The molecule has 0 aliphatic rings. The number of carboxylic acid groups (broad SMARTS) is 1. The van der Waals surface area contributed by atoms with Crippen molar-refractivity contribution in [1.82, 2.24) is 0 Å². The van der Waals surface area contributed by atoms with Crippen molar-refractivity contribution in [2.45, 2.75) is 13.8 Å². The summed E-state index contributed by atoms with van der Waals surface area (Å²) >= 11 is 0. The van der Waals surface area contributed by atoms with E-state index in [0.29, 0.717) is 22.1 Å². The van der Waals surface area contributed by atoms with Crippen molar-refractivity contribution in [3.05, 3.63) is 34.6 Å². The third-order valence-corrected chi connectivity index (χ3v) is 2.55. The average molecular weight is 215 g/mol. The lowest BCUT2D eigenvalue weighted by Crippen LogP contribution is -1.95. The Morgan fingerprint density at radius 1 is 1.44 bits per heavy atom. The highest BCUT2D eigenvalue weighted by Gasteiger charge is 2.18. The molecule has 2 aromatic rings. The molecule has 4 nitrogen and oxygen atoms in total. The van der Waals surface area contributed by atoms with Crippen molar-refractivity contribution in [1.29, 1.82) is 5.26 Å². The van der Waals surface area contributed by atoms with Crippen molar-refractivity contribution in [2.24, 2.45) is 0 Å². The van der Waals surface area contributed by atoms with Crippen molar-refractivity contribution in [3.8, 4) is 6.07 Å². The molecule has 80 valence electrons. The third kappa shape index (κ3) is 1.34. The van der Waals surface area contributed by atoms with Gasteiger partial charge in [0.15, 0.2) is 0 Å². The Balaban J connectivity index is 2.88. The van der Waals surface area contributed by atoms with Crippen LogP contribution in [-0.4, -0.2) is 11.1 Å². The van der Waals surface area contributed by atoms with Gasteiger partial charge in [0.2, 0.25) is 5.76 Å². The molecule has 0 aliphatic heterocycles. The molecule has 0 radical (unpaired) electrons. The van der Waals surface area contributed by atoms with Crippen LogP contribution < -0.4 is 0 Å². The van der Waals surface area contributed by atoms with Crippen LogP contribution in [0.2, 0.25) is 0 Å². The maximum atomic E-state index is 10.9. The van der Waals surface area contributed by atoms with Crippen LogP contribution in [0.4, 0.5) is 0 Å². The number of benzene rings is 1. The monoisotopic (exact) mass is 215 g/mol. The second-order valence-corrected chi connectivity index (χ2v) is 3.64. The number of carboxylic acids is 1. The van der Waals surface area contributed by atoms with Crippen LogP contribution in [0.15, 0.2) is 16.5 Å². The summed E-state index contributed by atoms with van der Waals surface area (Å²) < 4.78 is 5.28. The van der Waals surface area contributed by atoms with Gasteiger partial charge in [0.1, 0.15) is 5.58 Å². The van der Waals surface area contributed by atoms with E-state index in [1.165, 1.54) is 0 Å². The summed E-state index contributed by atoms with van der Waals surface area (Å²) in [4.78, 5) is 10.9. The van der Waals surface area contributed by atoms with Crippen molar-refractivity contribution < 1.29 is 14.3 Å². The molecule has 0 unspecified atom stereocenters. The Bertz CT molecular complexity index is 632. The van der Waals surface area contributed by atoms with Crippen molar-refractivity contribution in [3.63, 3.8) is 0 Å². The predicted molar refractivity (Wildman–Crippen MR) is 57.4 cm³/mol. The number of aromatic carboxylic acids is 1. The van der Waals surface area contributed by atoms with Gasteiger partial charge in [-0.05, 0) is 31.5 Å². The number of nitriles is 1. The summed E-state index contributed by atoms with van der Waals surface area (Å²) in [6, 6.07) is 5.36. The normalized spacial score (nSPS) is 10.3. The fourth-order valence-corrected chi connectivity index (χ4v) is 1.76. The van der Waals surface area contributed by atoms with E-state index in [2.05, 4.69) is 0 Å². The predicted octanol–water partition coefficient (Wildman–Crippen LogP) is 2.62. The Hall–Kier alpha value is -2.28. The zero-order valence-corrected chi connectivity index (χ0v) is 8.87. The number of hydrogen-bond acceptors (Lipinski definition) is 3. The summed E-state index contributed by atoms with van der Waals surface area (Å²) in [6.45, 7) is 3.47. The third-order valence-electron chi connectivity index (χ3n) is 2.55. The minimum absolute atomic E-state index is 0.0619. The van der Waals surface area contributed by atoms with E-state index in [0.717, 1.165) is 5.56 Å². The van der Waals surface area contributed by atoms with E-state index in [-0.39, 0.29) is 5.76 Å². The van der Waals surface area contributed by atoms with Crippen LogP contribution in [0.1, 0.15) is 27.2 Å². The summed E-state index contributed by atoms with van der Waals surface area (Å²) in [5.74, 6) is -1.15. The highest BCUT2D eigenvalue weighted by atomic mass is 16.4. The lowest BCUT2D eigenvalue weighted by molar-refractivity contribution is 0.0664. The van der Waals surface area contributed by atoms with E-state index in [9.17, 15) is 4.79 Å². The molecule has 0 atom stereocenters. The topological polar surface area (TPSA) is 74.2 Å². The number of nitrogens with zero attached hydrogens (tertiary/aromatic N) is 1. The maximum Gasteiger partial charge on any atom is 0.372 e. The van der Waals surface area contributed by atoms with Crippen LogP contribution in [-0.2, 0) is 0 Å². The molecule has 0 aliphatic carbocycles. The van der Waals surface area contributed by atoms with Gasteiger partial charge in [-0.1, -0.05) is 0 Å². The average Bonchev–Trinajstić information content (AvgIpc) is 2.57. The van der Waals surface area contributed by atoms with Gasteiger partial charge >= 0.3 is 5.97 Å². The van der Waals surface area contributed by atoms with E-state index in [1.807, 2.05) is 6.07 Å². The number of rotatable bonds is 1. The molecule has 0 amide bonds. The number of aryl methyl sites for hydroxylation is 2. The largest absolute Gasteiger partial charge is 0.475 e. The molecule has 2 rings (SSSR count). The number of fused-ring (bicyclic) bond motifs is 1. The first-order valence-electron chi connectivity index (χ1n) is 4.71. The van der Waals surface area contributed by atoms with Crippen LogP contribution in [0.5, 0.6) is 0 Å². The van der Waals surface area contributed by atoms with E-state index in [4.69, 9.17) is 14.8 Å². The molecular weight excluding hydrogens is 206 g/mol. The molecular formula is C12H9NO3. The van der Waals surface area contributed by atoms with Gasteiger partial charge in [0.25, 0.3) is 0 Å². The van der Waals surface area contributed by atoms with Gasteiger partial charge in [0, 0.05) is 10.9 Å². The number of carbonyl (C=O) groups is 1. The summed E-state index contributed by atoms with van der Waals surface area (Å²) in [5, 5.41) is 18.4. The van der Waals surface area contributed by atoms with Gasteiger partial charge in [-0.2, -0.15) is 5.26 Å². The molecule has 0 bridgehead atoms. The minimum atomic E-state index is -1.09. The fourth-order valence-electron chi connectivity index (χ4n) is 1.76. The van der Waals surface area contributed by atoms with Gasteiger partial charge in [-0.15, -0.1) is 0 Å². The maximum absolute atomic E-state index is 10.9. The molecule has 1 aromatic carbocycles. The number of hydrogen-bond donors (Lipinski definition) is 1. The summed E-state index contributed by atoms with van der Waals surface area (Å²) in [6.07, 6.45) is 0. The van der Waals surface area contributed by atoms with Gasteiger partial charge < -0.3 is 9.52 Å². The molecule has 16 heavy (non-hydrogen) atoms. The zero-order chi connectivity index (χ0) is 11.9. The summed E-state index contributed by atoms with van der Waals surface area (Å²) in [7, 11) is 0.